The van der Waals surface area contributed by atoms with E-state index in [4.69, 9.17) is 9.47 Å². The van der Waals surface area contributed by atoms with E-state index in [0.29, 0.717) is 19.1 Å². The Balaban J connectivity index is 1.62. The van der Waals surface area contributed by atoms with E-state index >= 15 is 0 Å². The Morgan fingerprint density at radius 1 is 1.45 bits per heavy atom. The van der Waals surface area contributed by atoms with Crippen LogP contribution in [0.15, 0.2) is 18.2 Å². The van der Waals surface area contributed by atoms with Crippen LogP contribution in [-0.2, 0) is 20.7 Å². The topological polar surface area (TPSA) is 47.6 Å². The van der Waals surface area contributed by atoms with Gasteiger partial charge in [-0.3, -0.25) is 4.79 Å². The van der Waals surface area contributed by atoms with Crippen molar-refractivity contribution >= 4 is 5.91 Å². The summed E-state index contributed by atoms with van der Waals surface area (Å²) in [5.74, 6) is -1.78. The van der Waals surface area contributed by atoms with Crippen molar-refractivity contribution in [2.75, 3.05) is 20.3 Å². The maximum atomic E-state index is 13.6. The molecule has 1 saturated carbocycles. The minimum atomic E-state index is -0.957. The van der Waals surface area contributed by atoms with Crippen molar-refractivity contribution in [3.05, 3.63) is 35.4 Å². The number of hydrogen-bond donors (Lipinski definition) is 1. The summed E-state index contributed by atoms with van der Waals surface area (Å²) in [6, 6.07) is 3.85. The molecule has 4 nitrogen and oxygen atoms in total. The minimum Gasteiger partial charge on any atom is -0.384 e. The third kappa shape index (κ3) is 2.73. The first-order chi connectivity index (χ1) is 10.6. The fourth-order valence-corrected chi connectivity index (χ4v) is 3.53. The summed E-state index contributed by atoms with van der Waals surface area (Å²) < 4.78 is 37.6. The van der Waals surface area contributed by atoms with E-state index in [2.05, 4.69) is 5.32 Å². The molecule has 1 amide bonds. The number of methoxy groups -OCH3 is 1. The summed E-state index contributed by atoms with van der Waals surface area (Å²) in [6.45, 7) is 1.21. The number of fused-ring (bicyclic) bond motifs is 1. The molecule has 3 rings (SSSR count). The molecule has 1 saturated heterocycles. The van der Waals surface area contributed by atoms with Crippen LogP contribution in [0.3, 0.4) is 0 Å². The summed E-state index contributed by atoms with van der Waals surface area (Å²) in [4.78, 5) is 12.1. The third-order valence-corrected chi connectivity index (χ3v) is 4.60. The van der Waals surface area contributed by atoms with Gasteiger partial charge in [-0.25, -0.2) is 8.78 Å². The SMILES string of the molecule is COC[C@@H]1[C@H](NC(=O)Cc2cccc(F)c2F)[C@@H]2CCO[C@H]12. The first-order valence-corrected chi connectivity index (χ1v) is 7.44. The fourth-order valence-electron chi connectivity index (χ4n) is 3.53. The van der Waals surface area contributed by atoms with Crippen molar-refractivity contribution in [1.82, 2.24) is 5.32 Å². The van der Waals surface area contributed by atoms with Crippen LogP contribution < -0.4 is 5.32 Å². The summed E-state index contributed by atoms with van der Waals surface area (Å²) in [5.41, 5.74) is 0.0688. The molecule has 22 heavy (non-hydrogen) atoms. The maximum Gasteiger partial charge on any atom is 0.224 e. The van der Waals surface area contributed by atoms with E-state index in [1.165, 1.54) is 12.1 Å². The molecule has 120 valence electrons. The quantitative estimate of drug-likeness (QED) is 0.900. The highest BCUT2D eigenvalue weighted by atomic mass is 19.2. The molecule has 0 bridgehead atoms. The molecule has 1 heterocycles. The lowest BCUT2D eigenvalue weighted by Crippen LogP contribution is -2.63. The summed E-state index contributed by atoms with van der Waals surface area (Å²) in [6.07, 6.45) is 0.874. The van der Waals surface area contributed by atoms with Crippen molar-refractivity contribution in [1.29, 1.82) is 0 Å². The number of ether oxygens (including phenoxy) is 2. The van der Waals surface area contributed by atoms with Crippen LogP contribution >= 0.6 is 0 Å². The molecule has 0 radical (unpaired) electrons. The van der Waals surface area contributed by atoms with Gasteiger partial charge in [0.1, 0.15) is 0 Å². The number of rotatable bonds is 5. The van der Waals surface area contributed by atoms with Gasteiger partial charge in [0.25, 0.3) is 0 Å². The molecule has 1 aromatic carbocycles. The van der Waals surface area contributed by atoms with E-state index in [1.54, 1.807) is 7.11 Å². The number of halogens is 2. The Bertz CT molecular complexity index is 566. The van der Waals surface area contributed by atoms with Crippen molar-refractivity contribution < 1.29 is 23.0 Å². The number of nitrogens with one attached hydrogen (secondary N) is 1. The smallest absolute Gasteiger partial charge is 0.224 e. The monoisotopic (exact) mass is 311 g/mol. The van der Waals surface area contributed by atoms with Gasteiger partial charge in [-0.05, 0) is 12.5 Å². The lowest BCUT2D eigenvalue weighted by Gasteiger charge is -2.47. The zero-order valence-corrected chi connectivity index (χ0v) is 12.4. The average molecular weight is 311 g/mol. The molecule has 2 fully saturated rings. The summed E-state index contributed by atoms with van der Waals surface area (Å²) in [5, 5.41) is 2.93. The van der Waals surface area contributed by atoms with Crippen molar-refractivity contribution in [2.24, 2.45) is 11.8 Å². The van der Waals surface area contributed by atoms with Crippen LogP contribution in [0, 0.1) is 23.5 Å². The van der Waals surface area contributed by atoms with E-state index in [0.717, 1.165) is 12.5 Å². The lowest BCUT2D eigenvalue weighted by atomic mass is 9.67. The second-order valence-electron chi connectivity index (χ2n) is 5.89. The molecule has 6 heteroatoms. The van der Waals surface area contributed by atoms with Crippen LogP contribution in [-0.4, -0.2) is 38.4 Å². The molecule has 1 aromatic rings. The highest BCUT2D eigenvalue weighted by Crippen LogP contribution is 2.43. The van der Waals surface area contributed by atoms with Crippen LogP contribution in [0.2, 0.25) is 0 Å². The summed E-state index contributed by atoms with van der Waals surface area (Å²) >= 11 is 0. The minimum absolute atomic E-state index is 0.0171. The van der Waals surface area contributed by atoms with Gasteiger partial charge in [0, 0.05) is 37.2 Å². The average Bonchev–Trinajstić information content (AvgIpc) is 2.92. The molecule has 1 aliphatic carbocycles. The van der Waals surface area contributed by atoms with Gasteiger partial charge in [-0.2, -0.15) is 0 Å². The van der Waals surface area contributed by atoms with Crippen molar-refractivity contribution in [3.63, 3.8) is 0 Å². The van der Waals surface area contributed by atoms with E-state index in [1.807, 2.05) is 0 Å². The normalized spacial score (nSPS) is 29.8. The Labute approximate surface area is 127 Å². The molecule has 1 N–H and O–H groups in total. The largest absolute Gasteiger partial charge is 0.384 e. The molecule has 2 aliphatic rings. The van der Waals surface area contributed by atoms with Crippen LogP contribution in [0.1, 0.15) is 12.0 Å². The van der Waals surface area contributed by atoms with Gasteiger partial charge in [0.15, 0.2) is 11.6 Å². The highest BCUT2D eigenvalue weighted by molar-refractivity contribution is 5.79. The van der Waals surface area contributed by atoms with Crippen LogP contribution in [0.25, 0.3) is 0 Å². The Morgan fingerprint density at radius 3 is 3.05 bits per heavy atom. The fraction of sp³-hybridized carbons (Fsp3) is 0.562. The Hall–Kier alpha value is -1.53. The molecule has 4 atom stereocenters. The maximum absolute atomic E-state index is 13.6. The molecular weight excluding hydrogens is 292 g/mol. The summed E-state index contributed by atoms with van der Waals surface area (Å²) in [7, 11) is 1.61. The second kappa shape index (κ2) is 6.30. The van der Waals surface area contributed by atoms with E-state index < -0.39 is 11.6 Å². The van der Waals surface area contributed by atoms with Gasteiger partial charge in [-0.1, -0.05) is 12.1 Å². The number of benzene rings is 1. The second-order valence-corrected chi connectivity index (χ2v) is 5.89. The first kappa shape index (κ1) is 15.4. The van der Waals surface area contributed by atoms with E-state index in [-0.39, 0.29) is 36.0 Å². The van der Waals surface area contributed by atoms with Gasteiger partial charge in [0.2, 0.25) is 5.91 Å². The van der Waals surface area contributed by atoms with Crippen molar-refractivity contribution in [3.8, 4) is 0 Å². The zero-order valence-electron chi connectivity index (χ0n) is 12.4. The number of carbonyl (C=O) groups is 1. The van der Waals surface area contributed by atoms with Gasteiger partial charge >= 0.3 is 0 Å². The Kier molecular flexibility index (Phi) is 4.40. The molecule has 0 unspecified atom stereocenters. The number of carbonyl (C=O) groups excluding carboxylic acids is 1. The molecule has 0 spiro atoms. The predicted octanol–water partition coefficient (Wildman–Crippen LogP) is 1.67. The lowest BCUT2D eigenvalue weighted by molar-refractivity contribution is -0.129. The first-order valence-electron chi connectivity index (χ1n) is 7.44. The highest BCUT2D eigenvalue weighted by Gasteiger charge is 2.54. The van der Waals surface area contributed by atoms with Gasteiger partial charge < -0.3 is 14.8 Å². The molecule has 1 aliphatic heterocycles. The van der Waals surface area contributed by atoms with E-state index in [9.17, 15) is 13.6 Å². The van der Waals surface area contributed by atoms with Gasteiger partial charge in [0.05, 0.1) is 19.1 Å². The zero-order chi connectivity index (χ0) is 15.7. The molecular formula is C16H19F2NO3. The van der Waals surface area contributed by atoms with Crippen LogP contribution in [0.4, 0.5) is 8.78 Å². The van der Waals surface area contributed by atoms with Crippen LogP contribution in [0.5, 0.6) is 0 Å². The standard InChI is InChI=1S/C16H19F2NO3/c1-21-8-11-15(10-5-6-22-16(10)11)19-13(20)7-9-3-2-4-12(17)14(9)18/h2-4,10-11,15-16H,5-8H2,1H3,(H,19,20)/t10-,11+,15+,16-/m0/s1. The number of hydrogen-bond acceptors (Lipinski definition) is 3. The van der Waals surface area contributed by atoms with Crippen molar-refractivity contribution in [2.45, 2.75) is 25.0 Å². The van der Waals surface area contributed by atoms with Gasteiger partial charge in [-0.15, -0.1) is 0 Å². The Morgan fingerprint density at radius 2 is 2.27 bits per heavy atom. The predicted molar refractivity (Wildman–Crippen MR) is 75.2 cm³/mol. The molecule has 0 aromatic heterocycles. The third-order valence-electron chi connectivity index (χ3n) is 4.60. The number of amides is 1.